The van der Waals surface area contributed by atoms with Gasteiger partial charge in [-0.1, -0.05) is 20.8 Å². The predicted molar refractivity (Wildman–Crippen MR) is 51.1 cm³/mol. The molecule has 0 bridgehead atoms. The first-order valence-electron chi connectivity index (χ1n) is 4.55. The summed E-state index contributed by atoms with van der Waals surface area (Å²) in [7, 11) is 0. The van der Waals surface area contributed by atoms with E-state index in [4.69, 9.17) is 9.47 Å². The van der Waals surface area contributed by atoms with Crippen molar-refractivity contribution in [2.75, 3.05) is 13.2 Å². The third kappa shape index (κ3) is 6.62. The molecule has 0 N–H and O–H groups in total. The van der Waals surface area contributed by atoms with Crippen molar-refractivity contribution in [3.63, 3.8) is 0 Å². The predicted octanol–water partition coefficient (Wildman–Crippen LogP) is 2.82. The summed E-state index contributed by atoms with van der Waals surface area (Å²) in [6.45, 7) is 13.7. The van der Waals surface area contributed by atoms with E-state index >= 15 is 0 Å². The second kappa shape index (κ2) is 4.24. The molecule has 0 atom stereocenters. The van der Waals surface area contributed by atoms with Gasteiger partial charge in [-0.2, -0.15) is 0 Å². The Bertz CT molecular complexity index is 122. The van der Waals surface area contributed by atoms with Crippen molar-refractivity contribution in [3.8, 4) is 0 Å². The lowest BCUT2D eigenvalue weighted by molar-refractivity contribution is -0.221. The van der Waals surface area contributed by atoms with Crippen LogP contribution in [0.25, 0.3) is 0 Å². The second-order valence-electron chi connectivity index (χ2n) is 4.68. The highest BCUT2D eigenvalue weighted by Gasteiger charge is 2.21. The molecular weight excluding hydrogens is 152 g/mol. The first-order chi connectivity index (χ1) is 5.27. The van der Waals surface area contributed by atoms with E-state index in [0.29, 0.717) is 6.61 Å². The van der Waals surface area contributed by atoms with Crippen LogP contribution in [0, 0.1) is 5.41 Å². The lowest BCUT2D eigenvalue weighted by atomic mass is 9.98. The van der Waals surface area contributed by atoms with Gasteiger partial charge >= 0.3 is 0 Å². The molecule has 0 heterocycles. The molecule has 0 aliphatic carbocycles. The van der Waals surface area contributed by atoms with Crippen LogP contribution in [0.3, 0.4) is 0 Å². The second-order valence-corrected chi connectivity index (χ2v) is 4.68. The maximum Gasteiger partial charge on any atom is 0.162 e. The summed E-state index contributed by atoms with van der Waals surface area (Å²) in [5, 5.41) is 0. The van der Waals surface area contributed by atoms with E-state index in [0.717, 1.165) is 6.61 Å². The Balaban J connectivity index is 3.75. The first-order valence-corrected chi connectivity index (χ1v) is 4.55. The Hall–Kier alpha value is -0.0800. The summed E-state index contributed by atoms with van der Waals surface area (Å²) in [6.07, 6.45) is 0. The summed E-state index contributed by atoms with van der Waals surface area (Å²) >= 11 is 0. The molecule has 2 nitrogen and oxygen atoms in total. The molecule has 0 spiro atoms. The van der Waals surface area contributed by atoms with E-state index in [1.54, 1.807) is 0 Å². The molecule has 0 fully saturated rings. The lowest BCUT2D eigenvalue weighted by Gasteiger charge is -2.29. The number of rotatable bonds is 4. The van der Waals surface area contributed by atoms with Gasteiger partial charge in [0.2, 0.25) is 0 Å². The van der Waals surface area contributed by atoms with E-state index in [1.165, 1.54) is 0 Å². The summed E-state index contributed by atoms with van der Waals surface area (Å²) < 4.78 is 11.0. The van der Waals surface area contributed by atoms with Gasteiger partial charge in [0.25, 0.3) is 0 Å². The van der Waals surface area contributed by atoms with Crippen molar-refractivity contribution in [3.05, 3.63) is 0 Å². The summed E-state index contributed by atoms with van der Waals surface area (Å²) in [4.78, 5) is 0. The van der Waals surface area contributed by atoms with E-state index in [2.05, 4.69) is 20.8 Å². The molecule has 0 saturated heterocycles. The van der Waals surface area contributed by atoms with Crippen LogP contribution in [0.4, 0.5) is 0 Å². The summed E-state index contributed by atoms with van der Waals surface area (Å²) in [6, 6.07) is 0. The Kier molecular flexibility index (Phi) is 4.21. The highest BCUT2D eigenvalue weighted by molar-refractivity contribution is 4.62. The van der Waals surface area contributed by atoms with Crippen LogP contribution in [0.1, 0.15) is 41.5 Å². The average molecular weight is 174 g/mol. The molecule has 0 aliphatic rings. The number of hydrogen-bond acceptors (Lipinski definition) is 2. The Morgan fingerprint density at radius 2 is 1.42 bits per heavy atom. The zero-order valence-corrected chi connectivity index (χ0v) is 9.23. The van der Waals surface area contributed by atoms with E-state index in [-0.39, 0.29) is 5.41 Å². The topological polar surface area (TPSA) is 18.5 Å². The highest BCUT2D eigenvalue weighted by Crippen LogP contribution is 2.19. The van der Waals surface area contributed by atoms with Crippen molar-refractivity contribution in [2.45, 2.75) is 47.3 Å². The van der Waals surface area contributed by atoms with Gasteiger partial charge in [0.1, 0.15) is 0 Å². The van der Waals surface area contributed by atoms with Gasteiger partial charge in [0.05, 0.1) is 6.61 Å². The molecule has 0 aromatic rings. The van der Waals surface area contributed by atoms with E-state index in [1.807, 2.05) is 20.8 Å². The molecule has 0 radical (unpaired) electrons. The normalized spacial score (nSPS) is 13.5. The fourth-order valence-corrected chi connectivity index (χ4v) is 0.780. The van der Waals surface area contributed by atoms with Crippen molar-refractivity contribution in [2.24, 2.45) is 5.41 Å². The minimum atomic E-state index is -0.442. The lowest BCUT2D eigenvalue weighted by Crippen LogP contribution is -2.32. The van der Waals surface area contributed by atoms with Crippen LogP contribution in [0.5, 0.6) is 0 Å². The molecule has 0 aliphatic heterocycles. The fraction of sp³-hybridized carbons (Fsp3) is 1.00. The van der Waals surface area contributed by atoms with Gasteiger partial charge in [-0.25, -0.2) is 0 Å². The molecule has 0 rings (SSSR count). The molecule has 74 valence electrons. The van der Waals surface area contributed by atoms with E-state index < -0.39 is 5.79 Å². The molecule has 0 aromatic carbocycles. The van der Waals surface area contributed by atoms with Gasteiger partial charge in [0, 0.05) is 6.61 Å². The van der Waals surface area contributed by atoms with Gasteiger partial charge < -0.3 is 9.47 Å². The van der Waals surface area contributed by atoms with Crippen LogP contribution in [-0.2, 0) is 9.47 Å². The molecule has 0 aromatic heterocycles. The molecule has 0 amide bonds. The SMILES string of the molecule is CCOC(C)(C)OCC(C)(C)C. The molecule has 0 unspecified atom stereocenters. The van der Waals surface area contributed by atoms with Crippen LogP contribution in [-0.4, -0.2) is 19.0 Å². The molecule has 2 heteroatoms. The molecule has 12 heavy (non-hydrogen) atoms. The first kappa shape index (κ1) is 11.9. The van der Waals surface area contributed by atoms with Gasteiger partial charge in [-0.15, -0.1) is 0 Å². The van der Waals surface area contributed by atoms with Crippen LogP contribution in [0.15, 0.2) is 0 Å². The van der Waals surface area contributed by atoms with Crippen molar-refractivity contribution < 1.29 is 9.47 Å². The fourth-order valence-electron chi connectivity index (χ4n) is 0.780. The number of hydrogen-bond donors (Lipinski definition) is 0. The standard InChI is InChI=1S/C10H22O2/c1-7-11-10(5,6)12-8-9(2,3)4/h7-8H2,1-6H3. The minimum absolute atomic E-state index is 0.203. The Morgan fingerprint density at radius 3 is 1.75 bits per heavy atom. The van der Waals surface area contributed by atoms with Crippen LogP contribution < -0.4 is 0 Å². The van der Waals surface area contributed by atoms with Gasteiger partial charge in [-0.3, -0.25) is 0 Å². The van der Waals surface area contributed by atoms with Crippen molar-refractivity contribution in [1.82, 2.24) is 0 Å². The average Bonchev–Trinajstić information content (AvgIpc) is 1.83. The summed E-state index contributed by atoms with van der Waals surface area (Å²) in [5.41, 5.74) is 0.203. The van der Waals surface area contributed by atoms with Crippen LogP contribution >= 0.6 is 0 Å². The van der Waals surface area contributed by atoms with Crippen LogP contribution in [0.2, 0.25) is 0 Å². The highest BCUT2D eigenvalue weighted by atomic mass is 16.7. The zero-order valence-electron chi connectivity index (χ0n) is 9.23. The van der Waals surface area contributed by atoms with Crippen molar-refractivity contribution in [1.29, 1.82) is 0 Å². The van der Waals surface area contributed by atoms with Gasteiger partial charge in [0.15, 0.2) is 5.79 Å². The largest absolute Gasteiger partial charge is 0.351 e. The van der Waals surface area contributed by atoms with Gasteiger partial charge in [-0.05, 0) is 26.2 Å². The zero-order chi connectivity index (χ0) is 9.83. The minimum Gasteiger partial charge on any atom is -0.351 e. The summed E-state index contributed by atoms with van der Waals surface area (Å²) in [5.74, 6) is -0.442. The van der Waals surface area contributed by atoms with E-state index in [9.17, 15) is 0 Å². The quantitative estimate of drug-likeness (QED) is 0.610. The monoisotopic (exact) mass is 174 g/mol. The number of ether oxygens (including phenoxy) is 2. The third-order valence-corrected chi connectivity index (χ3v) is 1.34. The van der Waals surface area contributed by atoms with Crippen molar-refractivity contribution >= 4 is 0 Å². The Labute approximate surface area is 76.3 Å². The maximum absolute atomic E-state index is 5.61. The third-order valence-electron chi connectivity index (χ3n) is 1.34. The smallest absolute Gasteiger partial charge is 0.162 e. The Morgan fingerprint density at radius 1 is 0.917 bits per heavy atom. The molecular formula is C10H22O2. The maximum atomic E-state index is 5.61. The molecule has 0 saturated carbocycles.